The van der Waals surface area contributed by atoms with E-state index in [4.69, 9.17) is 15.2 Å². The zero-order chi connectivity index (χ0) is 19.4. The summed E-state index contributed by atoms with van der Waals surface area (Å²) in [5, 5.41) is -0.603. The summed E-state index contributed by atoms with van der Waals surface area (Å²) in [7, 11) is 0. The van der Waals surface area contributed by atoms with Crippen LogP contribution < -0.4 is 10.5 Å². The summed E-state index contributed by atoms with van der Waals surface area (Å²) in [6, 6.07) is 3.65. The molecule has 0 aliphatic rings. The van der Waals surface area contributed by atoms with Crippen LogP contribution in [0.25, 0.3) is 0 Å². The first-order chi connectivity index (χ1) is 12.5. The second kappa shape index (κ2) is 12.1. The quantitative estimate of drug-likeness (QED) is 0.149. The number of allylic oxidation sites excluding steroid dienone is 2. The molecule has 2 N–H and O–H groups in total. The highest BCUT2D eigenvalue weighted by atomic mass is 32.2. The molecule has 0 amide bonds. The van der Waals surface area contributed by atoms with Crippen LogP contribution in [0.15, 0.2) is 41.8 Å². The van der Waals surface area contributed by atoms with E-state index in [1.54, 1.807) is 0 Å². The van der Waals surface area contributed by atoms with E-state index < -0.39 is 17.1 Å². The number of halogens is 1. The van der Waals surface area contributed by atoms with Gasteiger partial charge in [-0.25, -0.2) is 14.0 Å². The molecule has 0 bridgehead atoms. The molecule has 7 heteroatoms. The summed E-state index contributed by atoms with van der Waals surface area (Å²) >= 11 is 0.608. The van der Waals surface area contributed by atoms with Gasteiger partial charge in [-0.2, -0.15) is 0 Å². The number of esters is 1. The molecule has 0 heterocycles. The van der Waals surface area contributed by atoms with Crippen molar-refractivity contribution in [2.45, 2.75) is 39.0 Å². The average Bonchev–Trinajstić information content (AvgIpc) is 2.60. The number of ether oxygens (including phenoxy) is 2. The third kappa shape index (κ3) is 8.20. The van der Waals surface area contributed by atoms with Gasteiger partial charge in [-0.05, 0) is 24.6 Å². The van der Waals surface area contributed by atoms with Crippen molar-refractivity contribution in [3.63, 3.8) is 0 Å². The third-order valence-corrected chi connectivity index (χ3v) is 4.12. The lowest BCUT2D eigenvalue weighted by Crippen LogP contribution is -2.12. The van der Waals surface area contributed by atoms with Crippen LogP contribution in [-0.2, 0) is 9.53 Å². The van der Waals surface area contributed by atoms with Crippen LogP contribution in [0.5, 0.6) is 5.75 Å². The molecule has 0 saturated heterocycles. The number of nitrogen functional groups attached to an aromatic ring is 1. The summed E-state index contributed by atoms with van der Waals surface area (Å²) in [5.41, 5.74) is 5.32. The number of thioether (sulfide) groups is 1. The highest BCUT2D eigenvalue weighted by molar-refractivity contribution is 8.17. The number of anilines is 1. The fourth-order valence-electron chi connectivity index (χ4n) is 1.96. The van der Waals surface area contributed by atoms with Crippen molar-refractivity contribution in [1.82, 2.24) is 0 Å². The van der Waals surface area contributed by atoms with E-state index in [1.807, 2.05) is 0 Å². The first-order valence-corrected chi connectivity index (χ1v) is 9.24. The maximum Gasteiger partial charge on any atom is 0.372 e. The van der Waals surface area contributed by atoms with Gasteiger partial charge in [-0.3, -0.25) is 0 Å². The molecule has 0 fully saturated rings. The number of nitrogens with two attached hydrogens (primary N) is 1. The number of carbonyl (C=O) groups is 2. The van der Waals surface area contributed by atoms with Crippen LogP contribution in [0.1, 0.15) is 39.0 Å². The predicted molar refractivity (Wildman–Crippen MR) is 102 cm³/mol. The molecule has 142 valence electrons. The van der Waals surface area contributed by atoms with Gasteiger partial charge in [-0.15, -0.1) is 0 Å². The molecule has 0 unspecified atom stereocenters. The van der Waals surface area contributed by atoms with E-state index in [1.165, 1.54) is 24.3 Å². The molecular formula is C19H24FNO4S. The molecule has 0 aromatic heterocycles. The Morgan fingerprint density at radius 3 is 2.65 bits per heavy atom. The predicted octanol–water partition coefficient (Wildman–Crippen LogP) is 5.22. The number of hydrogen-bond acceptors (Lipinski definition) is 6. The molecule has 1 rings (SSSR count). The number of benzene rings is 1. The van der Waals surface area contributed by atoms with E-state index in [0.717, 1.165) is 38.2 Å². The van der Waals surface area contributed by atoms with E-state index >= 15 is 0 Å². The first kappa shape index (κ1) is 21.8. The minimum atomic E-state index is -0.807. The fourth-order valence-corrected chi connectivity index (χ4v) is 2.57. The van der Waals surface area contributed by atoms with Gasteiger partial charge in [0.15, 0.2) is 0 Å². The Bertz CT molecular complexity index is 661. The van der Waals surface area contributed by atoms with Gasteiger partial charge in [0.1, 0.15) is 16.5 Å². The molecule has 0 saturated carbocycles. The van der Waals surface area contributed by atoms with Crippen molar-refractivity contribution in [2.75, 3.05) is 12.3 Å². The lowest BCUT2D eigenvalue weighted by atomic mass is 10.2. The maximum atomic E-state index is 13.4. The van der Waals surface area contributed by atoms with Crippen LogP contribution >= 0.6 is 11.8 Å². The Kier molecular flexibility index (Phi) is 10.2. The molecule has 5 nitrogen and oxygen atoms in total. The van der Waals surface area contributed by atoms with Crippen molar-refractivity contribution >= 4 is 28.7 Å². The average molecular weight is 381 g/mol. The SMILES string of the molecule is C=C/C=C(\SC(=O)OCCCCCCC)C(=O)Oc1ccc(N)c(F)c1. The van der Waals surface area contributed by atoms with Gasteiger partial charge in [0.2, 0.25) is 0 Å². The van der Waals surface area contributed by atoms with Gasteiger partial charge in [0, 0.05) is 17.8 Å². The second-order valence-corrected chi connectivity index (χ2v) is 6.43. The minimum Gasteiger partial charge on any atom is -0.457 e. The molecular weight excluding hydrogens is 357 g/mol. The molecule has 0 radical (unpaired) electrons. The highest BCUT2D eigenvalue weighted by Crippen LogP contribution is 2.24. The maximum absolute atomic E-state index is 13.4. The van der Waals surface area contributed by atoms with E-state index in [2.05, 4.69) is 13.5 Å². The molecule has 26 heavy (non-hydrogen) atoms. The highest BCUT2D eigenvalue weighted by Gasteiger charge is 2.18. The smallest absolute Gasteiger partial charge is 0.372 e. The van der Waals surface area contributed by atoms with E-state index in [-0.39, 0.29) is 16.3 Å². The van der Waals surface area contributed by atoms with Crippen LogP contribution in [0.3, 0.4) is 0 Å². The lowest BCUT2D eigenvalue weighted by Gasteiger charge is -2.08. The van der Waals surface area contributed by atoms with Crippen LogP contribution in [-0.4, -0.2) is 17.9 Å². The van der Waals surface area contributed by atoms with E-state index in [9.17, 15) is 14.0 Å². The summed E-state index contributed by atoms with van der Waals surface area (Å²) in [5.74, 6) is -1.51. The third-order valence-electron chi connectivity index (χ3n) is 3.31. The summed E-state index contributed by atoms with van der Waals surface area (Å²) in [6.07, 6.45) is 7.87. The largest absolute Gasteiger partial charge is 0.457 e. The summed E-state index contributed by atoms with van der Waals surface area (Å²) in [6.45, 7) is 5.93. The Morgan fingerprint density at radius 2 is 2.00 bits per heavy atom. The number of hydrogen-bond donors (Lipinski definition) is 1. The standard InChI is InChI=1S/C19H24FNO4S/c1-3-5-6-7-8-12-24-19(23)26-17(9-4-2)18(22)25-14-10-11-16(21)15(20)13-14/h4,9-11,13H,2-3,5-8,12,21H2,1H3/b17-9-. The van der Waals surface area contributed by atoms with Crippen molar-refractivity contribution in [1.29, 1.82) is 0 Å². The molecule has 0 aliphatic carbocycles. The summed E-state index contributed by atoms with van der Waals surface area (Å²) < 4.78 is 23.6. The van der Waals surface area contributed by atoms with E-state index in [0.29, 0.717) is 18.4 Å². The van der Waals surface area contributed by atoms with Crippen molar-refractivity contribution in [3.05, 3.63) is 47.7 Å². The zero-order valence-electron chi connectivity index (χ0n) is 14.8. The fraction of sp³-hybridized carbons (Fsp3) is 0.368. The van der Waals surface area contributed by atoms with Gasteiger partial charge >= 0.3 is 11.3 Å². The molecule has 1 aromatic rings. The Labute approximate surface area is 157 Å². The Balaban J connectivity index is 2.52. The first-order valence-electron chi connectivity index (χ1n) is 8.42. The minimum absolute atomic E-state index is 0.00628. The Hall–Kier alpha value is -2.28. The molecule has 0 spiro atoms. The lowest BCUT2D eigenvalue weighted by molar-refractivity contribution is -0.129. The van der Waals surface area contributed by atoms with Crippen LogP contribution in [0.2, 0.25) is 0 Å². The van der Waals surface area contributed by atoms with Gasteiger partial charge in [-0.1, -0.05) is 45.3 Å². The number of unbranched alkanes of at least 4 members (excludes halogenated alkanes) is 4. The van der Waals surface area contributed by atoms with Crippen molar-refractivity contribution in [3.8, 4) is 5.75 Å². The Morgan fingerprint density at radius 1 is 1.27 bits per heavy atom. The second-order valence-electron chi connectivity index (χ2n) is 5.45. The number of rotatable bonds is 10. The van der Waals surface area contributed by atoms with Gasteiger partial charge < -0.3 is 15.2 Å². The van der Waals surface area contributed by atoms with Gasteiger partial charge in [0.25, 0.3) is 0 Å². The van der Waals surface area contributed by atoms with Crippen LogP contribution in [0, 0.1) is 5.82 Å². The van der Waals surface area contributed by atoms with Crippen molar-refractivity contribution in [2.24, 2.45) is 0 Å². The zero-order valence-corrected chi connectivity index (χ0v) is 15.6. The normalized spacial score (nSPS) is 11.1. The topological polar surface area (TPSA) is 78.6 Å². The van der Waals surface area contributed by atoms with Crippen LogP contribution in [0.4, 0.5) is 14.9 Å². The summed E-state index contributed by atoms with van der Waals surface area (Å²) in [4.78, 5) is 24.0. The molecule has 0 aliphatic heterocycles. The molecule has 0 atom stereocenters. The van der Waals surface area contributed by atoms with Gasteiger partial charge in [0.05, 0.1) is 12.3 Å². The monoisotopic (exact) mass is 381 g/mol. The number of carbonyl (C=O) groups excluding carboxylic acids is 2. The van der Waals surface area contributed by atoms with Crippen molar-refractivity contribution < 1.29 is 23.5 Å². The molecule has 1 aromatic carbocycles.